The first kappa shape index (κ1) is 11.0. The zero-order valence-electron chi connectivity index (χ0n) is 9.51. The summed E-state index contributed by atoms with van der Waals surface area (Å²) in [5.74, 6) is 0. The van der Waals surface area contributed by atoms with E-state index in [0.29, 0.717) is 0 Å². The van der Waals surface area contributed by atoms with E-state index in [1.807, 2.05) is 0 Å². The molecule has 0 heteroatoms. The van der Waals surface area contributed by atoms with E-state index in [4.69, 9.17) is 0 Å². The smallest absolute Gasteiger partial charge is 0.0273 e. The Hall–Kier alpha value is -1.04. The van der Waals surface area contributed by atoms with E-state index in [-0.39, 0.29) is 0 Å². The predicted molar refractivity (Wildman–Crippen MR) is 63.7 cm³/mol. The van der Waals surface area contributed by atoms with Crippen molar-refractivity contribution in [3.8, 4) is 0 Å². The summed E-state index contributed by atoms with van der Waals surface area (Å²) in [7, 11) is 0. The van der Waals surface area contributed by atoms with Crippen LogP contribution in [-0.4, -0.2) is 0 Å². The average molecular weight is 188 g/mol. The van der Waals surface area contributed by atoms with E-state index in [9.17, 15) is 0 Å². The Bertz CT molecular complexity index is 308. The third kappa shape index (κ3) is 3.37. The number of allylic oxidation sites excluding steroid dienone is 2. The minimum absolute atomic E-state index is 1.20. The highest BCUT2D eigenvalue weighted by Crippen LogP contribution is 2.13. The quantitative estimate of drug-likeness (QED) is 0.490. The van der Waals surface area contributed by atoms with Crippen LogP contribution >= 0.6 is 0 Å². The highest BCUT2D eigenvalue weighted by molar-refractivity contribution is 5.30. The summed E-state index contributed by atoms with van der Waals surface area (Å²) in [5.41, 5.74) is 4.30. The molecule has 0 atom stereocenters. The lowest BCUT2D eigenvalue weighted by Gasteiger charge is -2.05. The van der Waals surface area contributed by atoms with Gasteiger partial charge in [-0.2, -0.15) is 0 Å². The molecule has 0 aliphatic rings. The van der Waals surface area contributed by atoms with E-state index in [0.717, 1.165) is 0 Å². The fourth-order valence-corrected chi connectivity index (χ4v) is 1.70. The molecule has 0 aliphatic heterocycles. The molecule has 1 rings (SSSR count). The van der Waals surface area contributed by atoms with Gasteiger partial charge >= 0.3 is 0 Å². The van der Waals surface area contributed by atoms with Gasteiger partial charge in [-0.1, -0.05) is 35.9 Å². The Kier molecular flexibility index (Phi) is 4.45. The fraction of sp³-hybridized carbons (Fsp3) is 0.429. The summed E-state index contributed by atoms with van der Waals surface area (Å²) in [5, 5.41) is 0. The van der Waals surface area contributed by atoms with Gasteiger partial charge in [0.05, 0.1) is 0 Å². The van der Waals surface area contributed by atoms with Crippen molar-refractivity contribution in [1.29, 1.82) is 0 Å². The molecular formula is C14H20. The molecule has 0 aromatic heterocycles. The zero-order chi connectivity index (χ0) is 10.4. The highest BCUT2D eigenvalue weighted by atomic mass is 14.0. The first-order chi connectivity index (χ1) is 6.74. The molecule has 0 aliphatic carbocycles. The zero-order valence-corrected chi connectivity index (χ0v) is 9.51. The SMILES string of the molecule is C/C=C/CCCc1ccc(C)cc1C. The molecule has 0 radical (unpaired) electrons. The van der Waals surface area contributed by atoms with Gasteiger partial charge in [-0.3, -0.25) is 0 Å². The number of benzene rings is 1. The van der Waals surface area contributed by atoms with Gasteiger partial charge in [0.1, 0.15) is 0 Å². The van der Waals surface area contributed by atoms with Gasteiger partial charge in [0.15, 0.2) is 0 Å². The van der Waals surface area contributed by atoms with Crippen LogP contribution in [0.2, 0.25) is 0 Å². The molecule has 76 valence electrons. The van der Waals surface area contributed by atoms with Crippen LogP contribution in [0.1, 0.15) is 36.5 Å². The van der Waals surface area contributed by atoms with Gasteiger partial charge in [0.2, 0.25) is 0 Å². The van der Waals surface area contributed by atoms with Crippen LogP contribution in [-0.2, 0) is 6.42 Å². The summed E-state index contributed by atoms with van der Waals surface area (Å²) in [6, 6.07) is 6.74. The van der Waals surface area contributed by atoms with Gasteiger partial charge in [0, 0.05) is 0 Å². The maximum Gasteiger partial charge on any atom is -0.0273 e. The number of unbranched alkanes of at least 4 members (excludes halogenated alkanes) is 1. The topological polar surface area (TPSA) is 0 Å². The maximum atomic E-state index is 2.27. The average Bonchev–Trinajstić information content (AvgIpc) is 2.15. The molecule has 14 heavy (non-hydrogen) atoms. The second-order valence-corrected chi connectivity index (χ2v) is 3.89. The third-order valence-corrected chi connectivity index (χ3v) is 2.55. The molecule has 0 unspecified atom stereocenters. The van der Waals surface area contributed by atoms with E-state index in [2.05, 4.69) is 51.1 Å². The summed E-state index contributed by atoms with van der Waals surface area (Å²) < 4.78 is 0. The molecule has 1 aromatic carbocycles. The Morgan fingerprint density at radius 2 is 2.00 bits per heavy atom. The second-order valence-electron chi connectivity index (χ2n) is 3.89. The molecule has 0 fully saturated rings. The summed E-state index contributed by atoms with van der Waals surface area (Å²) in [6.07, 6.45) is 8.03. The molecule has 1 aromatic rings. The van der Waals surface area contributed by atoms with Crippen LogP contribution in [0.4, 0.5) is 0 Å². The van der Waals surface area contributed by atoms with E-state index in [1.54, 1.807) is 0 Å². The lowest BCUT2D eigenvalue weighted by Crippen LogP contribution is -1.90. The molecule has 0 spiro atoms. The Balaban J connectivity index is 2.50. The molecule has 0 heterocycles. The van der Waals surface area contributed by atoms with Crippen LogP contribution < -0.4 is 0 Å². The Morgan fingerprint density at radius 1 is 1.21 bits per heavy atom. The number of hydrogen-bond acceptors (Lipinski definition) is 0. The maximum absolute atomic E-state index is 2.27. The normalized spacial score (nSPS) is 11.1. The van der Waals surface area contributed by atoms with Gasteiger partial charge < -0.3 is 0 Å². The predicted octanol–water partition coefficient (Wildman–Crippen LogP) is 4.20. The Morgan fingerprint density at radius 3 is 2.64 bits per heavy atom. The summed E-state index contributed by atoms with van der Waals surface area (Å²) >= 11 is 0. The highest BCUT2D eigenvalue weighted by Gasteiger charge is 1.97. The molecule has 0 amide bonds. The molecule has 0 saturated heterocycles. The van der Waals surface area contributed by atoms with Gasteiger partial charge in [0.25, 0.3) is 0 Å². The van der Waals surface area contributed by atoms with Crippen LogP contribution in [0.5, 0.6) is 0 Å². The molecule has 0 bridgehead atoms. The minimum Gasteiger partial charge on any atom is -0.0917 e. The number of aryl methyl sites for hydroxylation is 3. The first-order valence-corrected chi connectivity index (χ1v) is 5.41. The van der Waals surface area contributed by atoms with Gasteiger partial charge in [-0.25, -0.2) is 0 Å². The lowest BCUT2D eigenvalue weighted by atomic mass is 10.0. The van der Waals surface area contributed by atoms with Gasteiger partial charge in [-0.15, -0.1) is 0 Å². The fourth-order valence-electron chi connectivity index (χ4n) is 1.70. The van der Waals surface area contributed by atoms with Crippen molar-refractivity contribution in [2.45, 2.75) is 40.0 Å². The van der Waals surface area contributed by atoms with Crippen molar-refractivity contribution < 1.29 is 0 Å². The van der Waals surface area contributed by atoms with E-state index in [1.165, 1.54) is 36.0 Å². The molecule has 0 nitrogen and oxygen atoms in total. The summed E-state index contributed by atoms with van der Waals surface area (Å²) in [6.45, 7) is 6.44. The van der Waals surface area contributed by atoms with Gasteiger partial charge in [-0.05, 0) is 51.2 Å². The first-order valence-electron chi connectivity index (χ1n) is 5.41. The van der Waals surface area contributed by atoms with E-state index < -0.39 is 0 Å². The number of rotatable bonds is 4. The monoisotopic (exact) mass is 188 g/mol. The van der Waals surface area contributed by atoms with Crippen LogP contribution in [0.15, 0.2) is 30.4 Å². The van der Waals surface area contributed by atoms with Crippen molar-refractivity contribution >= 4 is 0 Å². The van der Waals surface area contributed by atoms with Crippen molar-refractivity contribution in [2.24, 2.45) is 0 Å². The Labute approximate surface area is 87.7 Å². The van der Waals surface area contributed by atoms with E-state index >= 15 is 0 Å². The van der Waals surface area contributed by atoms with Crippen molar-refractivity contribution in [1.82, 2.24) is 0 Å². The minimum atomic E-state index is 1.20. The third-order valence-electron chi connectivity index (χ3n) is 2.55. The largest absolute Gasteiger partial charge is 0.0917 e. The van der Waals surface area contributed by atoms with Crippen molar-refractivity contribution in [3.05, 3.63) is 47.0 Å². The number of hydrogen-bond donors (Lipinski definition) is 0. The standard InChI is InChI=1S/C14H20/c1-4-5-6-7-8-14-10-9-12(2)11-13(14)3/h4-5,9-11H,6-8H2,1-3H3/b5-4+. The second kappa shape index (κ2) is 5.64. The molecule has 0 saturated carbocycles. The van der Waals surface area contributed by atoms with Crippen molar-refractivity contribution in [2.75, 3.05) is 0 Å². The summed E-state index contributed by atoms with van der Waals surface area (Å²) in [4.78, 5) is 0. The molecular weight excluding hydrogens is 168 g/mol. The van der Waals surface area contributed by atoms with Crippen LogP contribution in [0, 0.1) is 13.8 Å². The van der Waals surface area contributed by atoms with Crippen LogP contribution in [0.25, 0.3) is 0 Å². The van der Waals surface area contributed by atoms with Crippen molar-refractivity contribution in [3.63, 3.8) is 0 Å². The van der Waals surface area contributed by atoms with Crippen LogP contribution in [0.3, 0.4) is 0 Å². The lowest BCUT2D eigenvalue weighted by molar-refractivity contribution is 0.836. The molecule has 0 N–H and O–H groups in total.